The Hall–Kier alpha value is -1.46. The van der Waals surface area contributed by atoms with E-state index in [1.54, 1.807) is 12.1 Å². The van der Waals surface area contributed by atoms with E-state index < -0.39 is 11.6 Å². The standard InChI is InChI=1S/C13H10BrF2NO/c14-9-3-8(7-17)4-11(5-9)18-13-6-10(15)1-2-12(13)16/h1-6H,7,17H2. The van der Waals surface area contributed by atoms with Crippen molar-refractivity contribution in [1.29, 1.82) is 0 Å². The van der Waals surface area contributed by atoms with Crippen molar-refractivity contribution in [3.05, 3.63) is 58.1 Å². The number of hydrogen-bond acceptors (Lipinski definition) is 2. The number of hydrogen-bond donors (Lipinski definition) is 1. The third kappa shape index (κ3) is 3.05. The van der Waals surface area contributed by atoms with Gasteiger partial charge in [-0.2, -0.15) is 0 Å². The summed E-state index contributed by atoms with van der Waals surface area (Å²) in [7, 11) is 0. The van der Waals surface area contributed by atoms with Crippen LogP contribution in [-0.2, 0) is 6.54 Å². The fraction of sp³-hybridized carbons (Fsp3) is 0.0769. The van der Waals surface area contributed by atoms with Gasteiger partial charge in [0.15, 0.2) is 11.6 Å². The summed E-state index contributed by atoms with van der Waals surface area (Å²) in [5.41, 5.74) is 6.35. The summed E-state index contributed by atoms with van der Waals surface area (Å²) in [5.74, 6) is -0.934. The quantitative estimate of drug-likeness (QED) is 0.930. The minimum Gasteiger partial charge on any atom is -0.454 e. The van der Waals surface area contributed by atoms with E-state index in [1.165, 1.54) is 0 Å². The van der Waals surface area contributed by atoms with Gasteiger partial charge in [0, 0.05) is 17.1 Å². The van der Waals surface area contributed by atoms with Gasteiger partial charge in [-0.15, -0.1) is 0 Å². The zero-order chi connectivity index (χ0) is 13.1. The first-order valence-electron chi connectivity index (χ1n) is 5.21. The molecule has 0 saturated carbocycles. The molecule has 0 aliphatic rings. The first-order valence-corrected chi connectivity index (χ1v) is 6.00. The van der Waals surface area contributed by atoms with Crippen molar-refractivity contribution in [1.82, 2.24) is 0 Å². The van der Waals surface area contributed by atoms with Crippen LogP contribution in [-0.4, -0.2) is 0 Å². The SMILES string of the molecule is NCc1cc(Br)cc(Oc2cc(F)ccc2F)c1. The van der Waals surface area contributed by atoms with E-state index >= 15 is 0 Å². The smallest absolute Gasteiger partial charge is 0.165 e. The predicted molar refractivity (Wildman–Crippen MR) is 68.5 cm³/mol. The number of ether oxygens (including phenoxy) is 1. The number of benzene rings is 2. The second-order valence-electron chi connectivity index (χ2n) is 3.68. The van der Waals surface area contributed by atoms with Crippen LogP contribution in [0.15, 0.2) is 40.9 Å². The van der Waals surface area contributed by atoms with Crippen molar-refractivity contribution in [3.8, 4) is 11.5 Å². The summed E-state index contributed by atoms with van der Waals surface area (Å²) in [6.45, 7) is 0.335. The van der Waals surface area contributed by atoms with Crippen molar-refractivity contribution in [2.75, 3.05) is 0 Å². The molecule has 0 unspecified atom stereocenters. The minimum atomic E-state index is -0.620. The van der Waals surface area contributed by atoms with Crippen LogP contribution in [0.4, 0.5) is 8.78 Å². The Balaban J connectivity index is 2.33. The molecule has 0 radical (unpaired) electrons. The molecule has 0 bridgehead atoms. The summed E-state index contributed by atoms with van der Waals surface area (Å²) in [6, 6.07) is 8.21. The highest BCUT2D eigenvalue weighted by molar-refractivity contribution is 9.10. The first kappa shape index (κ1) is 13.0. The summed E-state index contributed by atoms with van der Waals surface area (Å²) in [4.78, 5) is 0. The Morgan fingerprint density at radius 3 is 2.61 bits per heavy atom. The third-order valence-electron chi connectivity index (χ3n) is 2.29. The molecule has 94 valence electrons. The van der Waals surface area contributed by atoms with Gasteiger partial charge in [0.1, 0.15) is 11.6 Å². The maximum Gasteiger partial charge on any atom is 0.165 e. The molecule has 0 heterocycles. The molecular weight excluding hydrogens is 304 g/mol. The van der Waals surface area contributed by atoms with E-state index in [9.17, 15) is 8.78 Å². The largest absolute Gasteiger partial charge is 0.454 e. The molecule has 0 aliphatic carbocycles. The number of nitrogens with two attached hydrogens (primary N) is 1. The molecule has 2 aromatic carbocycles. The molecule has 0 spiro atoms. The van der Waals surface area contributed by atoms with Gasteiger partial charge < -0.3 is 10.5 Å². The Morgan fingerprint density at radius 1 is 1.11 bits per heavy atom. The van der Waals surface area contributed by atoms with Crippen molar-refractivity contribution < 1.29 is 13.5 Å². The Bertz CT molecular complexity index is 575. The van der Waals surface area contributed by atoms with Gasteiger partial charge in [0.05, 0.1) is 0 Å². The van der Waals surface area contributed by atoms with Crippen LogP contribution in [0.25, 0.3) is 0 Å². The van der Waals surface area contributed by atoms with Crippen LogP contribution in [0.5, 0.6) is 11.5 Å². The van der Waals surface area contributed by atoms with Crippen molar-refractivity contribution in [2.24, 2.45) is 5.73 Å². The summed E-state index contributed by atoms with van der Waals surface area (Å²) >= 11 is 3.30. The molecule has 5 heteroatoms. The molecule has 0 aromatic heterocycles. The van der Waals surface area contributed by atoms with Crippen LogP contribution in [0.2, 0.25) is 0 Å². The average molecular weight is 314 g/mol. The van der Waals surface area contributed by atoms with Crippen molar-refractivity contribution in [2.45, 2.75) is 6.54 Å². The lowest BCUT2D eigenvalue weighted by Crippen LogP contribution is -1.97. The maximum absolute atomic E-state index is 13.4. The van der Waals surface area contributed by atoms with Crippen LogP contribution in [0.3, 0.4) is 0 Å². The zero-order valence-electron chi connectivity index (χ0n) is 9.29. The molecule has 0 atom stereocenters. The number of halogens is 3. The fourth-order valence-electron chi connectivity index (χ4n) is 1.48. The first-order chi connectivity index (χ1) is 8.58. The highest BCUT2D eigenvalue weighted by atomic mass is 79.9. The molecule has 2 nitrogen and oxygen atoms in total. The lowest BCUT2D eigenvalue weighted by Gasteiger charge is -2.09. The minimum absolute atomic E-state index is 0.156. The third-order valence-corrected chi connectivity index (χ3v) is 2.75. The number of rotatable bonds is 3. The van der Waals surface area contributed by atoms with Crippen LogP contribution < -0.4 is 10.5 Å². The van der Waals surface area contributed by atoms with Gasteiger partial charge in [-0.1, -0.05) is 15.9 Å². The maximum atomic E-state index is 13.4. The second kappa shape index (κ2) is 5.46. The molecule has 0 amide bonds. The highest BCUT2D eigenvalue weighted by Crippen LogP contribution is 2.28. The van der Waals surface area contributed by atoms with E-state index in [0.29, 0.717) is 12.3 Å². The summed E-state index contributed by atoms with van der Waals surface area (Å²) in [6.07, 6.45) is 0. The topological polar surface area (TPSA) is 35.2 Å². The van der Waals surface area contributed by atoms with E-state index in [1.807, 2.05) is 6.07 Å². The van der Waals surface area contributed by atoms with Gasteiger partial charge in [-0.05, 0) is 35.9 Å². The van der Waals surface area contributed by atoms with Gasteiger partial charge >= 0.3 is 0 Å². The van der Waals surface area contributed by atoms with E-state index in [-0.39, 0.29) is 5.75 Å². The molecule has 0 aliphatic heterocycles. The van der Waals surface area contributed by atoms with Crippen molar-refractivity contribution in [3.63, 3.8) is 0 Å². The molecule has 18 heavy (non-hydrogen) atoms. The van der Waals surface area contributed by atoms with E-state index in [0.717, 1.165) is 28.2 Å². The Kier molecular flexibility index (Phi) is 3.93. The fourth-order valence-corrected chi connectivity index (χ4v) is 2.00. The van der Waals surface area contributed by atoms with E-state index in [4.69, 9.17) is 10.5 Å². The predicted octanol–water partition coefficient (Wildman–Crippen LogP) is 3.98. The van der Waals surface area contributed by atoms with E-state index in [2.05, 4.69) is 15.9 Å². The van der Waals surface area contributed by atoms with Crippen molar-refractivity contribution >= 4 is 15.9 Å². The van der Waals surface area contributed by atoms with Crippen LogP contribution in [0, 0.1) is 11.6 Å². The van der Waals surface area contributed by atoms with Gasteiger partial charge in [-0.25, -0.2) is 8.78 Å². The average Bonchev–Trinajstić information content (AvgIpc) is 2.33. The van der Waals surface area contributed by atoms with Gasteiger partial charge in [-0.3, -0.25) is 0 Å². The molecule has 0 fully saturated rings. The molecule has 2 N–H and O–H groups in total. The van der Waals surface area contributed by atoms with Gasteiger partial charge in [0.25, 0.3) is 0 Å². The molecular formula is C13H10BrF2NO. The van der Waals surface area contributed by atoms with Crippen LogP contribution >= 0.6 is 15.9 Å². The molecule has 2 rings (SSSR count). The Labute approximate surface area is 112 Å². The highest BCUT2D eigenvalue weighted by Gasteiger charge is 2.07. The Morgan fingerprint density at radius 2 is 1.89 bits per heavy atom. The monoisotopic (exact) mass is 313 g/mol. The second-order valence-corrected chi connectivity index (χ2v) is 4.59. The molecule has 2 aromatic rings. The molecule has 0 saturated heterocycles. The van der Waals surface area contributed by atoms with Crippen LogP contribution in [0.1, 0.15) is 5.56 Å². The lowest BCUT2D eigenvalue weighted by atomic mass is 10.2. The lowest BCUT2D eigenvalue weighted by molar-refractivity contribution is 0.436. The van der Waals surface area contributed by atoms with Gasteiger partial charge in [0.2, 0.25) is 0 Å². The zero-order valence-corrected chi connectivity index (χ0v) is 10.9. The summed E-state index contributed by atoms with van der Waals surface area (Å²) < 4.78 is 32.5. The normalized spacial score (nSPS) is 10.4. The summed E-state index contributed by atoms with van der Waals surface area (Å²) in [5, 5.41) is 0.